The predicted molar refractivity (Wildman–Crippen MR) is 138 cm³/mol. The number of piperidine rings is 1. The number of oxime groups is 1. The number of carbonyl (C=O) groups is 2. The van der Waals surface area contributed by atoms with Crippen LogP contribution < -0.4 is 10.5 Å². The van der Waals surface area contributed by atoms with Gasteiger partial charge in [0.2, 0.25) is 15.9 Å². The van der Waals surface area contributed by atoms with Crippen molar-refractivity contribution < 1.29 is 28.3 Å². The second-order valence-corrected chi connectivity index (χ2v) is 10.7. The number of benzene rings is 3. The zero-order valence-corrected chi connectivity index (χ0v) is 20.8. The fourth-order valence-electron chi connectivity index (χ4n) is 4.49. The lowest BCUT2D eigenvalue weighted by Crippen LogP contribution is -2.52. The van der Waals surface area contributed by atoms with Crippen molar-refractivity contribution in [3.05, 3.63) is 77.9 Å². The molecular weight excluding hydrogens is 496 g/mol. The molecule has 0 aliphatic carbocycles. The van der Waals surface area contributed by atoms with Crippen LogP contribution in [0.1, 0.15) is 24.0 Å². The molecule has 4 rings (SSSR count). The molecular formula is C26H28N4O6S. The van der Waals surface area contributed by atoms with Gasteiger partial charge in [-0.25, -0.2) is 8.42 Å². The van der Waals surface area contributed by atoms with Gasteiger partial charge < -0.3 is 20.9 Å². The van der Waals surface area contributed by atoms with Crippen molar-refractivity contribution in [3.63, 3.8) is 0 Å². The molecule has 10 nitrogen and oxygen atoms in total. The van der Waals surface area contributed by atoms with E-state index in [1.165, 1.54) is 11.0 Å². The highest BCUT2D eigenvalue weighted by Gasteiger charge is 2.33. The molecule has 194 valence electrons. The molecule has 3 aromatic carbocycles. The monoisotopic (exact) mass is 524 g/mol. The maximum absolute atomic E-state index is 13.5. The maximum Gasteiger partial charge on any atom is 0.306 e. The molecule has 1 amide bonds. The first-order valence-corrected chi connectivity index (χ1v) is 13.3. The van der Waals surface area contributed by atoms with E-state index in [0.29, 0.717) is 24.0 Å². The third-order valence-electron chi connectivity index (χ3n) is 6.55. The summed E-state index contributed by atoms with van der Waals surface area (Å²) in [5, 5.41) is 22.9. The Morgan fingerprint density at radius 3 is 2.41 bits per heavy atom. The summed E-state index contributed by atoms with van der Waals surface area (Å²) in [5.74, 6) is -1.99. The van der Waals surface area contributed by atoms with Gasteiger partial charge in [0.05, 0.1) is 10.8 Å². The molecule has 1 fully saturated rings. The minimum absolute atomic E-state index is 0.0110. The second-order valence-electron chi connectivity index (χ2n) is 9.01. The Bertz CT molecular complexity index is 1450. The Hall–Kier alpha value is -3.96. The summed E-state index contributed by atoms with van der Waals surface area (Å²) in [5.41, 5.74) is 6.72. The lowest BCUT2D eigenvalue weighted by Gasteiger charge is -2.33. The molecule has 0 bridgehead atoms. The van der Waals surface area contributed by atoms with E-state index >= 15 is 0 Å². The van der Waals surface area contributed by atoms with Crippen LogP contribution in [0.25, 0.3) is 10.8 Å². The van der Waals surface area contributed by atoms with Gasteiger partial charge in [-0.1, -0.05) is 53.7 Å². The second kappa shape index (κ2) is 11.0. The van der Waals surface area contributed by atoms with Crippen molar-refractivity contribution in [1.82, 2.24) is 9.62 Å². The number of carboxylic acids is 1. The number of likely N-dealkylation sites (tertiary alicyclic amines) is 1. The van der Waals surface area contributed by atoms with E-state index in [0.717, 1.165) is 10.8 Å². The number of hydrogen-bond donors (Lipinski definition) is 4. The number of amides is 1. The Morgan fingerprint density at radius 1 is 1.03 bits per heavy atom. The van der Waals surface area contributed by atoms with Gasteiger partial charge >= 0.3 is 5.97 Å². The van der Waals surface area contributed by atoms with Crippen LogP contribution in [-0.2, 0) is 26.0 Å². The van der Waals surface area contributed by atoms with Crippen LogP contribution in [0, 0.1) is 5.92 Å². The van der Waals surface area contributed by atoms with Crippen molar-refractivity contribution in [2.45, 2.75) is 30.2 Å². The average Bonchev–Trinajstić information content (AvgIpc) is 2.91. The van der Waals surface area contributed by atoms with E-state index in [-0.39, 0.29) is 30.2 Å². The van der Waals surface area contributed by atoms with Gasteiger partial charge in [-0.05, 0) is 53.8 Å². The molecule has 1 aliphatic rings. The fourth-order valence-corrected chi connectivity index (χ4v) is 5.71. The highest BCUT2D eigenvalue weighted by atomic mass is 32.2. The summed E-state index contributed by atoms with van der Waals surface area (Å²) in [6.45, 7) is 0.433. The third kappa shape index (κ3) is 6.07. The summed E-state index contributed by atoms with van der Waals surface area (Å²) in [4.78, 5) is 26.4. The summed E-state index contributed by atoms with van der Waals surface area (Å²) >= 11 is 0. The quantitative estimate of drug-likeness (QED) is 0.152. The zero-order valence-electron chi connectivity index (χ0n) is 19.9. The SMILES string of the molecule is N/C(=N\O)c1cccc(CC(NS(=O)(=O)c2ccc3ccccc3c2)C(=O)N2CCC(C(=O)O)CC2)c1. The Labute approximate surface area is 214 Å². The van der Waals surface area contributed by atoms with Gasteiger partial charge in [0.1, 0.15) is 6.04 Å². The van der Waals surface area contributed by atoms with Crippen LogP contribution in [-0.4, -0.2) is 60.5 Å². The number of carbonyl (C=O) groups excluding carboxylic acids is 1. The van der Waals surface area contributed by atoms with Crippen LogP contribution >= 0.6 is 0 Å². The van der Waals surface area contributed by atoms with Crippen molar-refractivity contribution in [3.8, 4) is 0 Å². The van der Waals surface area contributed by atoms with Gasteiger partial charge in [-0.3, -0.25) is 9.59 Å². The molecule has 0 aromatic heterocycles. The van der Waals surface area contributed by atoms with Crippen molar-refractivity contribution in [2.24, 2.45) is 16.8 Å². The van der Waals surface area contributed by atoms with E-state index < -0.39 is 33.9 Å². The summed E-state index contributed by atoms with van der Waals surface area (Å²) in [6, 6.07) is 17.6. The number of nitrogens with zero attached hydrogens (tertiary/aromatic N) is 2. The summed E-state index contributed by atoms with van der Waals surface area (Å²) < 4.78 is 29.4. The summed E-state index contributed by atoms with van der Waals surface area (Å²) in [7, 11) is -4.09. The number of rotatable bonds is 8. The van der Waals surface area contributed by atoms with E-state index in [1.807, 2.05) is 24.3 Å². The van der Waals surface area contributed by atoms with Crippen molar-refractivity contribution >= 4 is 38.5 Å². The van der Waals surface area contributed by atoms with E-state index in [9.17, 15) is 23.1 Å². The lowest BCUT2D eigenvalue weighted by molar-refractivity contribution is -0.146. The normalized spacial score (nSPS) is 16.0. The van der Waals surface area contributed by atoms with E-state index in [4.69, 9.17) is 10.9 Å². The zero-order chi connectivity index (χ0) is 26.6. The van der Waals surface area contributed by atoms with Crippen LogP contribution in [0.4, 0.5) is 0 Å². The Morgan fingerprint density at radius 2 is 1.73 bits per heavy atom. The van der Waals surface area contributed by atoms with Gasteiger partial charge in [0.25, 0.3) is 0 Å². The molecule has 1 aliphatic heterocycles. The molecule has 0 radical (unpaired) electrons. The van der Waals surface area contributed by atoms with Gasteiger partial charge in [-0.2, -0.15) is 4.72 Å². The minimum Gasteiger partial charge on any atom is -0.481 e. The number of nitrogens with two attached hydrogens (primary N) is 1. The van der Waals surface area contributed by atoms with Gasteiger partial charge in [-0.15, -0.1) is 0 Å². The standard InChI is InChI=1S/C26H28N4O6S/c27-24(28-34)21-7-3-4-17(14-21)15-23(25(31)30-12-10-19(11-13-30)26(32)33)29-37(35,36)22-9-8-18-5-1-2-6-20(18)16-22/h1-9,14,16,19,23,29,34H,10-13,15H2,(H2,27,28)(H,32,33). The average molecular weight is 525 g/mol. The van der Waals surface area contributed by atoms with Crippen molar-refractivity contribution in [2.75, 3.05) is 13.1 Å². The number of fused-ring (bicyclic) bond motifs is 1. The van der Waals surface area contributed by atoms with Crippen LogP contribution in [0.3, 0.4) is 0 Å². The fraction of sp³-hybridized carbons (Fsp3) is 0.269. The number of carboxylic acid groups (broad SMARTS) is 1. The minimum atomic E-state index is -4.09. The van der Waals surface area contributed by atoms with Crippen LogP contribution in [0.2, 0.25) is 0 Å². The number of sulfonamides is 1. The largest absolute Gasteiger partial charge is 0.481 e. The Kier molecular flexibility index (Phi) is 7.74. The lowest BCUT2D eigenvalue weighted by atomic mass is 9.96. The first-order chi connectivity index (χ1) is 17.7. The van der Waals surface area contributed by atoms with Gasteiger partial charge in [0, 0.05) is 18.7 Å². The van der Waals surface area contributed by atoms with Gasteiger partial charge in [0.15, 0.2) is 5.84 Å². The molecule has 1 saturated heterocycles. The molecule has 1 heterocycles. The predicted octanol–water partition coefficient (Wildman–Crippen LogP) is 2.15. The highest BCUT2D eigenvalue weighted by Crippen LogP contribution is 2.22. The van der Waals surface area contributed by atoms with Crippen LogP contribution in [0.5, 0.6) is 0 Å². The molecule has 5 N–H and O–H groups in total. The number of hydrogen-bond acceptors (Lipinski definition) is 6. The molecule has 1 atom stereocenters. The van der Waals surface area contributed by atoms with Crippen LogP contribution in [0.15, 0.2) is 76.8 Å². The molecule has 1 unspecified atom stereocenters. The third-order valence-corrected chi connectivity index (χ3v) is 8.02. The summed E-state index contributed by atoms with van der Waals surface area (Å²) in [6.07, 6.45) is 0.603. The topological polar surface area (TPSA) is 162 Å². The molecule has 37 heavy (non-hydrogen) atoms. The molecule has 0 saturated carbocycles. The number of aliphatic carboxylic acids is 1. The van der Waals surface area contributed by atoms with E-state index in [1.54, 1.807) is 36.4 Å². The Balaban J connectivity index is 1.63. The van der Waals surface area contributed by atoms with E-state index in [2.05, 4.69) is 9.88 Å². The first kappa shape index (κ1) is 26.1. The number of amidine groups is 1. The maximum atomic E-state index is 13.5. The molecule has 11 heteroatoms. The smallest absolute Gasteiger partial charge is 0.306 e. The van der Waals surface area contributed by atoms with Crippen molar-refractivity contribution in [1.29, 1.82) is 0 Å². The first-order valence-electron chi connectivity index (χ1n) is 11.8. The molecule has 0 spiro atoms. The highest BCUT2D eigenvalue weighted by molar-refractivity contribution is 7.89. The number of nitrogens with one attached hydrogen (secondary N) is 1. The molecule has 3 aromatic rings.